The topological polar surface area (TPSA) is 92.1 Å². The number of hydrogen-bond donors (Lipinski definition) is 2. The number of aryl methyl sites for hydroxylation is 1. The van der Waals surface area contributed by atoms with Crippen molar-refractivity contribution < 1.29 is 8.42 Å². The van der Waals surface area contributed by atoms with Crippen molar-refractivity contribution in [3.05, 3.63) is 41.3 Å². The number of H-pyrrole nitrogens is 1. The fraction of sp³-hybridized carbons (Fsp3) is 0.250. The van der Waals surface area contributed by atoms with Crippen LogP contribution in [0.15, 0.2) is 29.4 Å². The number of nitrogens with one attached hydrogen (secondary N) is 1. The molecule has 2 heterocycles. The maximum Gasteiger partial charge on any atom is 0.260 e. The molecule has 0 saturated heterocycles. The minimum atomic E-state index is -3.52. The molecule has 0 bridgehead atoms. The minimum absolute atomic E-state index is 0.130. The summed E-state index contributed by atoms with van der Waals surface area (Å²) in [5.41, 5.74) is 8.32. The van der Waals surface area contributed by atoms with Gasteiger partial charge in [-0.15, -0.1) is 0 Å². The van der Waals surface area contributed by atoms with E-state index in [1.54, 1.807) is 13.0 Å². The largest absolute Gasteiger partial charge is 0.399 e. The van der Waals surface area contributed by atoms with Gasteiger partial charge < -0.3 is 10.7 Å². The number of benzene rings is 1. The minimum Gasteiger partial charge on any atom is -0.399 e. The highest BCUT2D eigenvalue weighted by Gasteiger charge is 2.31. The SMILES string of the molecule is Cc1ncc(S(=O)(=O)N2Cc3ccc(N)cc3C2)[nH]1. The van der Waals surface area contributed by atoms with Crippen molar-refractivity contribution in [2.45, 2.75) is 25.0 Å². The second-order valence-corrected chi connectivity index (χ2v) is 6.54. The normalized spacial score (nSPS) is 15.6. The smallest absolute Gasteiger partial charge is 0.260 e. The third-order valence-corrected chi connectivity index (χ3v) is 4.92. The van der Waals surface area contributed by atoms with Crippen LogP contribution in [0.2, 0.25) is 0 Å². The van der Waals surface area contributed by atoms with E-state index < -0.39 is 10.0 Å². The summed E-state index contributed by atoms with van der Waals surface area (Å²) < 4.78 is 26.3. The van der Waals surface area contributed by atoms with Gasteiger partial charge in [0.15, 0.2) is 5.03 Å². The van der Waals surface area contributed by atoms with Crippen molar-refractivity contribution >= 4 is 15.7 Å². The van der Waals surface area contributed by atoms with Gasteiger partial charge in [-0.1, -0.05) is 6.07 Å². The van der Waals surface area contributed by atoms with Crippen molar-refractivity contribution in [1.82, 2.24) is 14.3 Å². The molecule has 7 heteroatoms. The molecule has 0 radical (unpaired) electrons. The van der Waals surface area contributed by atoms with Crippen LogP contribution < -0.4 is 5.73 Å². The predicted octanol–water partition coefficient (Wildman–Crippen LogP) is 1.00. The van der Waals surface area contributed by atoms with Crippen molar-refractivity contribution in [1.29, 1.82) is 0 Å². The monoisotopic (exact) mass is 278 g/mol. The second kappa shape index (κ2) is 4.07. The molecule has 0 spiro atoms. The van der Waals surface area contributed by atoms with Gasteiger partial charge in [0, 0.05) is 18.8 Å². The zero-order chi connectivity index (χ0) is 13.6. The lowest BCUT2D eigenvalue weighted by molar-refractivity contribution is 0.429. The third-order valence-electron chi connectivity index (χ3n) is 3.22. The fourth-order valence-corrected chi connectivity index (χ4v) is 3.58. The molecule has 1 aromatic heterocycles. The lowest BCUT2D eigenvalue weighted by atomic mass is 10.1. The standard InChI is InChI=1S/C12H14N4O2S/c1-8-14-5-12(15-8)19(17,18)16-6-9-2-3-11(13)4-10(9)7-16/h2-5H,6-7,13H2,1H3,(H,14,15). The number of fused-ring (bicyclic) bond motifs is 1. The number of nitrogen functional groups attached to an aromatic ring is 1. The zero-order valence-corrected chi connectivity index (χ0v) is 11.2. The number of nitrogens with zero attached hydrogens (tertiary/aromatic N) is 2. The van der Waals surface area contributed by atoms with E-state index >= 15 is 0 Å². The van der Waals surface area contributed by atoms with E-state index in [1.165, 1.54) is 10.5 Å². The molecule has 3 N–H and O–H groups in total. The highest BCUT2D eigenvalue weighted by molar-refractivity contribution is 7.89. The molecule has 0 unspecified atom stereocenters. The van der Waals surface area contributed by atoms with Crippen LogP contribution in [0.4, 0.5) is 5.69 Å². The second-order valence-electron chi connectivity index (χ2n) is 4.63. The number of imidazole rings is 1. The predicted molar refractivity (Wildman–Crippen MR) is 70.6 cm³/mol. The molecular weight excluding hydrogens is 264 g/mol. The molecule has 0 saturated carbocycles. The Morgan fingerprint density at radius 1 is 1.32 bits per heavy atom. The average molecular weight is 278 g/mol. The highest BCUT2D eigenvalue weighted by Crippen LogP contribution is 2.29. The number of rotatable bonds is 2. The van der Waals surface area contributed by atoms with Crippen molar-refractivity contribution in [2.24, 2.45) is 0 Å². The van der Waals surface area contributed by atoms with Crippen LogP contribution >= 0.6 is 0 Å². The molecule has 1 aliphatic rings. The Morgan fingerprint density at radius 2 is 2.05 bits per heavy atom. The highest BCUT2D eigenvalue weighted by atomic mass is 32.2. The average Bonchev–Trinajstić information content (AvgIpc) is 2.95. The number of nitrogens with two attached hydrogens (primary N) is 1. The molecule has 19 heavy (non-hydrogen) atoms. The van der Waals surface area contributed by atoms with Crippen molar-refractivity contribution in [2.75, 3.05) is 5.73 Å². The quantitative estimate of drug-likeness (QED) is 0.802. The molecule has 100 valence electrons. The Labute approximate surface area is 111 Å². The molecule has 1 aliphatic heterocycles. The maximum atomic E-state index is 12.4. The van der Waals surface area contributed by atoms with Crippen LogP contribution in [0.3, 0.4) is 0 Å². The van der Waals surface area contributed by atoms with E-state index in [0.29, 0.717) is 24.6 Å². The van der Waals surface area contributed by atoms with Crippen LogP contribution in [0, 0.1) is 6.92 Å². The van der Waals surface area contributed by atoms with Gasteiger partial charge in [-0.25, -0.2) is 13.4 Å². The van der Waals surface area contributed by atoms with Gasteiger partial charge in [-0.3, -0.25) is 0 Å². The van der Waals surface area contributed by atoms with Crippen molar-refractivity contribution in [3.63, 3.8) is 0 Å². The first-order valence-corrected chi connectivity index (χ1v) is 7.30. The van der Waals surface area contributed by atoms with E-state index in [1.807, 2.05) is 12.1 Å². The van der Waals surface area contributed by atoms with Crippen molar-refractivity contribution in [3.8, 4) is 0 Å². The van der Waals surface area contributed by atoms with Gasteiger partial charge in [-0.05, 0) is 30.2 Å². The Hall–Kier alpha value is -1.86. The lowest BCUT2D eigenvalue weighted by Crippen LogP contribution is -2.25. The molecule has 3 rings (SSSR count). The number of sulfonamides is 1. The number of hydrogen-bond acceptors (Lipinski definition) is 4. The number of anilines is 1. The fourth-order valence-electron chi connectivity index (χ4n) is 2.22. The van der Waals surface area contributed by atoms with Crippen LogP contribution in [-0.4, -0.2) is 22.7 Å². The Morgan fingerprint density at radius 3 is 2.74 bits per heavy atom. The zero-order valence-electron chi connectivity index (χ0n) is 10.4. The molecule has 2 aromatic rings. The van der Waals surface area contributed by atoms with E-state index in [4.69, 9.17) is 5.73 Å². The summed E-state index contributed by atoms with van der Waals surface area (Å²) in [5.74, 6) is 0.583. The summed E-state index contributed by atoms with van der Waals surface area (Å²) in [5, 5.41) is 0.130. The first-order valence-electron chi connectivity index (χ1n) is 5.86. The van der Waals surface area contributed by atoms with E-state index in [-0.39, 0.29) is 5.03 Å². The molecule has 6 nitrogen and oxygen atoms in total. The van der Waals surface area contributed by atoms with Gasteiger partial charge >= 0.3 is 0 Å². The summed E-state index contributed by atoms with van der Waals surface area (Å²) in [4.78, 5) is 6.70. The Balaban J connectivity index is 1.94. The van der Waals surface area contributed by atoms with Gasteiger partial charge in [0.05, 0.1) is 6.20 Å². The van der Waals surface area contributed by atoms with Gasteiger partial charge in [0.1, 0.15) is 5.82 Å². The first kappa shape index (κ1) is 12.2. The molecular formula is C12H14N4O2S. The van der Waals surface area contributed by atoms with Gasteiger partial charge in [0.25, 0.3) is 10.0 Å². The van der Waals surface area contributed by atoms with Crippen LogP contribution in [0.5, 0.6) is 0 Å². The lowest BCUT2D eigenvalue weighted by Gasteiger charge is -2.13. The van der Waals surface area contributed by atoms with Gasteiger partial charge in [-0.2, -0.15) is 4.31 Å². The van der Waals surface area contributed by atoms with E-state index in [2.05, 4.69) is 9.97 Å². The summed E-state index contributed by atoms with van der Waals surface area (Å²) in [7, 11) is -3.52. The van der Waals surface area contributed by atoms with Gasteiger partial charge in [0.2, 0.25) is 0 Å². The molecule has 1 aromatic carbocycles. The third kappa shape index (κ3) is 2.00. The molecule has 0 fully saturated rings. The van der Waals surface area contributed by atoms with Crippen LogP contribution in [0.25, 0.3) is 0 Å². The van der Waals surface area contributed by atoms with E-state index in [9.17, 15) is 8.42 Å². The summed E-state index contributed by atoms with van der Waals surface area (Å²) >= 11 is 0. The van der Waals surface area contributed by atoms with Crippen LogP contribution in [0.1, 0.15) is 17.0 Å². The summed E-state index contributed by atoms with van der Waals surface area (Å²) in [6.45, 7) is 2.44. The number of aromatic amines is 1. The van der Waals surface area contributed by atoms with Crippen LogP contribution in [-0.2, 0) is 23.1 Å². The Bertz CT molecular complexity index is 736. The van der Waals surface area contributed by atoms with E-state index in [0.717, 1.165) is 11.1 Å². The first-order chi connectivity index (χ1) is 8.96. The summed E-state index contributed by atoms with van der Waals surface area (Å²) in [6, 6.07) is 5.48. The summed E-state index contributed by atoms with van der Waals surface area (Å²) in [6.07, 6.45) is 1.35. The number of aromatic nitrogens is 2. The molecule has 0 aliphatic carbocycles. The molecule has 0 atom stereocenters. The maximum absolute atomic E-state index is 12.4. The molecule has 0 amide bonds. The Kier molecular flexibility index (Phi) is 2.61.